The third-order valence-electron chi connectivity index (χ3n) is 4.17. The first-order chi connectivity index (χ1) is 15.0. The number of methoxy groups -OCH3 is 1. The molecular formula is C23H21N3O4S. The molecule has 0 aliphatic rings. The quantitative estimate of drug-likeness (QED) is 0.276. The zero-order chi connectivity index (χ0) is 22.1. The highest BCUT2D eigenvalue weighted by atomic mass is 32.1. The van der Waals surface area contributed by atoms with Crippen LogP contribution in [-0.2, 0) is 6.61 Å². The number of nitrogens with zero attached hydrogens (tertiary/aromatic N) is 1. The van der Waals surface area contributed by atoms with Crippen LogP contribution in [0.1, 0.15) is 21.5 Å². The van der Waals surface area contributed by atoms with Crippen LogP contribution >= 0.6 is 12.2 Å². The van der Waals surface area contributed by atoms with Crippen LogP contribution in [0.15, 0.2) is 77.9 Å². The highest BCUT2D eigenvalue weighted by molar-refractivity contribution is 7.80. The van der Waals surface area contributed by atoms with Gasteiger partial charge in [-0.25, -0.2) is 4.79 Å². The fourth-order valence-corrected chi connectivity index (χ4v) is 2.86. The number of carboxylic acid groups (broad SMARTS) is 1. The first-order valence-corrected chi connectivity index (χ1v) is 9.74. The van der Waals surface area contributed by atoms with E-state index in [-0.39, 0.29) is 12.2 Å². The van der Waals surface area contributed by atoms with Gasteiger partial charge >= 0.3 is 5.97 Å². The number of hydrazone groups is 1. The van der Waals surface area contributed by atoms with E-state index in [2.05, 4.69) is 15.8 Å². The molecule has 158 valence electrons. The number of rotatable bonds is 8. The number of para-hydroxylation sites is 1. The van der Waals surface area contributed by atoms with Gasteiger partial charge in [-0.15, -0.1) is 0 Å². The van der Waals surface area contributed by atoms with Gasteiger partial charge in [-0.1, -0.05) is 30.3 Å². The molecule has 0 unspecified atom stereocenters. The molecule has 3 aromatic rings. The molecule has 3 aromatic carbocycles. The molecule has 0 aliphatic heterocycles. The number of aromatic carboxylic acids is 1. The van der Waals surface area contributed by atoms with Crippen molar-refractivity contribution in [1.82, 2.24) is 5.43 Å². The summed E-state index contributed by atoms with van der Waals surface area (Å²) in [4.78, 5) is 11.1. The van der Waals surface area contributed by atoms with Gasteiger partial charge in [0.15, 0.2) is 16.6 Å². The Kier molecular flexibility index (Phi) is 7.56. The lowest BCUT2D eigenvalue weighted by Gasteiger charge is -2.12. The first kappa shape index (κ1) is 21.8. The fraction of sp³-hybridized carbons (Fsp3) is 0.0870. The van der Waals surface area contributed by atoms with E-state index in [1.807, 2.05) is 36.4 Å². The van der Waals surface area contributed by atoms with Gasteiger partial charge in [-0.3, -0.25) is 5.43 Å². The van der Waals surface area contributed by atoms with E-state index < -0.39 is 5.97 Å². The van der Waals surface area contributed by atoms with Gasteiger partial charge in [0.1, 0.15) is 6.61 Å². The molecule has 7 nitrogen and oxygen atoms in total. The Hall–Kier alpha value is -3.91. The maximum Gasteiger partial charge on any atom is 0.335 e. The molecule has 0 saturated heterocycles. The number of carbonyl (C=O) groups is 1. The van der Waals surface area contributed by atoms with Crippen LogP contribution in [0, 0.1) is 0 Å². The highest BCUT2D eigenvalue weighted by Gasteiger charge is 2.08. The van der Waals surface area contributed by atoms with Crippen molar-refractivity contribution in [2.45, 2.75) is 6.61 Å². The van der Waals surface area contributed by atoms with Crippen molar-refractivity contribution in [3.05, 3.63) is 89.5 Å². The molecule has 0 heterocycles. The average molecular weight is 436 g/mol. The Labute approximate surface area is 185 Å². The van der Waals surface area contributed by atoms with Crippen molar-refractivity contribution in [2.75, 3.05) is 12.4 Å². The van der Waals surface area contributed by atoms with E-state index in [1.54, 1.807) is 43.7 Å². The third-order valence-corrected chi connectivity index (χ3v) is 4.36. The summed E-state index contributed by atoms with van der Waals surface area (Å²) in [6, 6.07) is 21.5. The minimum atomic E-state index is -0.977. The number of nitrogens with one attached hydrogen (secondary N) is 2. The van der Waals surface area contributed by atoms with Crippen molar-refractivity contribution in [3.8, 4) is 11.5 Å². The Morgan fingerprint density at radius 1 is 1.06 bits per heavy atom. The van der Waals surface area contributed by atoms with E-state index >= 15 is 0 Å². The van der Waals surface area contributed by atoms with Gasteiger partial charge in [-0.05, 0) is 65.8 Å². The maximum atomic E-state index is 11.1. The van der Waals surface area contributed by atoms with Gasteiger partial charge in [0.25, 0.3) is 0 Å². The van der Waals surface area contributed by atoms with Gasteiger partial charge in [-0.2, -0.15) is 5.10 Å². The van der Waals surface area contributed by atoms with Crippen molar-refractivity contribution >= 4 is 35.2 Å². The second kappa shape index (κ2) is 10.7. The number of ether oxygens (including phenoxy) is 2. The number of hydrogen-bond acceptors (Lipinski definition) is 5. The van der Waals surface area contributed by atoms with Crippen LogP contribution in [0.4, 0.5) is 5.69 Å². The molecule has 0 fully saturated rings. The van der Waals surface area contributed by atoms with Crippen molar-refractivity contribution in [2.24, 2.45) is 5.10 Å². The maximum absolute atomic E-state index is 11.1. The molecule has 0 radical (unpaired) electrons. The molecule has 3 N–H and O–H groups in total. The van der Waals surface area contributed by atoms with Gasteiger partial charge < -0.3 is 19.9 Å². The van der Waals surface area contributed by atoms with E-state index in [1.165, 1.54) is 6.07 Å². The Balaban J connectivity index is 1.59. The average Bonchev–Trinajstić information content (AvgIpc) is 2.79. The molecule has 0 aliphatic carbocycles. The summed E-state index contributed by atoms with van der Waals surface area (Å²) >= 11 is 5.21. The minimum Gasteiger partial charge on any atom is -0.493 e. The smallest absolute Gasteiger partial charge is 0.335 e. The molecule has 0 amide bonds. The Morgan fingerprint density at radius 3 is 2.61 bits per heavy atom. The summed E-state index contributed by atoms with van der Waals surface area (Å²) in [5.74, 6) is 0.0908. The largest absolute Gasteiger partial charge is 0.493 e. The predicted molar refractivity (Wildman–Crippen MR) is 124 cm³/mol. The number of thiocarbonyl (C=S) groups is 1. The van der Waals surface area contributed by atoms with E-state index in [4.69, 9.17) is 26.8 Å². The molecule has 0 atom stereocenters. The van der Waals surface area contributed by atoms with E-state index in [9.17, 15) is 4.79 Å². The standard InChI is InChI=1S/C23H21N3O4S/c1-29-21-13-16(14-24-26-23(31)25-19-8-3-2-4-9-19)10-11-20(21)30-15-17-6-5-7-18(12-17)22(27)28/h2-14H,15H2,1H3,(H,27,28)(H2,25,26,31)/b24-14+. The van der Waals surface area contributed by atoms with E-state index in [0.717, 1.165) is 16.8 Å². The van der Waals surface area contributed by atoms with E-state index in [0.29, 0.717) is 16.6 Å². The first-order valence-electron chi connectivity index (χ1n) is 9.33. The zero-order valence-electron chi connectivity index (χ0n) is 16.7. The second-order valence-electron chi connectivity index (χ2n) is 6.39. The fourth-order valence-electron chi connectivity index (χ4n) is 2.68. The third kappa shape index (κ3) is 6.55. The Morgan fingerprint density at radius 2 is 1.87 bits per heavy atom. The molecule has 31 heavy (non-hydrogen) atoms. The van der Waals surface area contributed by atoms with Gasteiger partial charge in [0.05, 0.1) is 18.9 Å². The lowest BCUT2D eigenvalue weighted by Crippen LogP contribution is -2.23. The summed E-state index contributed by atoms with van der Waals surface area (Å²) in [6.45, 7) is 0.214. The second-order valence-corrected chi connectivity index (χ2v) is 6.80. The summed E-state index contributed by atoms with van der Waals surface area (Å²) in [7, 11) is 1.55. The predicted octanol–water partition coefficient (Wildman–Crippen LogP) is 4.29. The molecule has 3 rings (SSSR count). The van der Waals surface area contributed by atoms with Crippen LogP contribution in [0.3, 0.4) is 0 Å². The molecule has 0 saturated carbocycles. The highest BCUT2D eigenvalue weighted by Crippen LogP contribution is 2.28. The van der Waals surface area contributed by atoms with Crippen molar-refractivity contribution < 1.29 is 19.4 Å². The number of carboxylic acids is 1. The monoisotopic (exact) mass is 435 g/mol. The zero-order valence-corrected chi connectivity index (χ0v) is 17.6. The summed E-state index contributed by atoms with van der Waals surface area (Å²) in [6.07, 6.45) is 1.61. The Bertz CT molecular complexity index is 1090. The minimum absolute atomic E-state index is 0.214. The molecular weight excluding hydrogens is 414 g/mol. The summed E-state index contributed by atoms with van der Waals surface area (Å²) in [5, 5.41) is 16.6. The molecule has 8 heteroatoms. The lowest BCUT2D eigenvalue weighted by atomic mass is 10.1. The van der Waals surface area contributed by atoms with Gasteiger partial charge in [0.2, 0.25) is 0 Å². The van der Waals surface area contributed by atoms with Crippen molar-refractivity contribution in [1.29, 1.82) is 0 Å². The molecule has 0 aromatic heterocycles. The van der Waals surface area contributed by atoms with Crippen LogP contribution < -0.4 is 20.2 Å². The molecule has 0 spiro atoms. The number of hydrogen-bond donors (Lipinski definition) is 3. The SMILES string of the molecule is COc1cc(/C=N/NC(=S)Nc2ccccc2)ccc1OCc1cccc(C(=O)O)c1. The van der Waals surface area contributed by atoms with Crippen LogP contribution in [-0.4, -0.2) is 29.5 Å². The lowest BCUT2D eigenvalue weighted by molar-refractivity contribution is 0.0696. The summed E-state index contributed by atoms with van der Waals surface area (Å²) < 4.78 is 11.2. The topological polar surface area (TPSA) is 92.2 Å². The summed E-state index contributed by atoms with van der Waals surface area (Å²) in [5.41, 5.74) is 5.38. The normalized spacial score (nSPS) is 10.5. The van der Waals surface area contributed by atoms with Crippen LogP contribution in [0.25, 0.3) is 0 Å². The van der Waals surface area contributed by atoms with Gasteiger partial charge in [0, 0.05) is 5.69 Å². The van der Waals surface area contributed by atoms with Crippen LogP contribution in [0.2, 0.25) is 0 Å². The van der Waals surface area contributed by atoms with Crippen LogP contribution in [0.5, 0.6) is 11.5 Å². The number of anilines is 1. The number of benzene rings is 3. The molecule has 0 bridgehead atoms. The van der Waals surface area contributed by atoms with Crippen molar-refractivity contribution in [3.63, 3.8) is 0 Å².